The van der Waals surface area contributed by atoms with Crippen LogP contribution in [0.1, 0.15) is 13.3 Å². The van der Waals surface area contributed by atoms with Crippen molar-refractivity contribution >= 4 is 17.8 Å². The second kappa shape index (κ2) is 5.86. The molecule has 0 bridgehead atoms. The molecule has 2 atom stereocenters. The van der Waals surface area contributed by atoms with Crippen molar-refractivity contribution in [1.29, 1.82) is 0 Å². The van der Waals surface area contributed by atoms with Gasteiger partial charge in [-0.1, -0.05) is 13.3 Å². The predicted molar refractivity (Wildman–Crippen MR) is 38.1 cm³/mol. The fraction of sp³-hybridized carbons (Fsp3) is 1.00. The molecule has 0 nitrogen and oxygen atoms in total. The molecule has 0 aliphatic carbocycles. The average Bonchev–Trinajstić information content (AvgIpc) is 1.61. The highest BCUT2D eigenvalue weighted by atomic mass is 31.1. The fourth-order valence-electron chi connectivity index (χ4n) is 0.279. The van der Waals surface area contributed by atoms with Crippen molar-refractivity contribution in [3.63, 3.8) is 0 Å². The van der Waals surface area contributed by atoms with Crippen molar-refractivity contribution in [3.05, 3.63) is 0 Å². The molecule has 0 aromatic carbocycles. The summed E-state index contributed by atoms with van der Waals surface area (Å²) in [4.78, 5) is 0. The van der Waals surface area contributed by atoms with Gasteiger partial charge >= 0.3 is 0 Å². The summed E-state index contributed by atoms with van der Waals surface area (Å²) in [7, 11) is 3.92. The van der Waals surface area contributed by atoms with E-state index in [4.69, 9.17) is 0 Å². The number of hydrogen-bond donors (Lipinski definition) is 0. The third kappa shape index (κ3) is 4.86. The van der Waals surface area contributed by atoms with Crippen molar-refractivity contribution in [1.82, 2.24) is 0 Å². The lowest BCUT2D eigenvalue weighted by molar-refractivity contribution is 1.10. The summed E-state index contributed by atoms with van der Waals surface area (Å²) in [6.45, 7) is 2.23. The summed E-state index contributed by atoms with van der Waals surface area (Å²) in [5, 5.41) is 0. The maximum Gasteiger partial charge on any atom is -0.0203 e. The van der Waals surface area contributed by atoms with E-state index in [1.54, 1.807) is 0 Å². The zero-order chi connectivity index (χ0) is 4.83. The molecule has 0 aromatic heterocycles. The van der Waals surface area contributed by atoms with Crippen LogP contribution in [0.15, 0.2) is 0 Å². The maximum atomic E-state index is 2.74. The van der Waals surface area contributed by atoms with Crippen LogP contribution in [0.5, 0.6) is 0 Å². The molecule has 0 amide bonds. The molecule has 0 heterocycles. The zero-order valence-electron chi connectivity index (χ0n) is 4.20. The van der Waals surface area contributed by atoms with Gasteiger partial charge in [-0.05, 0) is 12.1 Å². The van der Waals surface area contributed by atoms with Crippen molar-refractivity contribution in [2.24, 2.45) is 0 Å². The van der Waals surface area contributed by atoms with Crippen LogP contribution in [0.25, 0.3) is 0 Å². The van der Waals surface area contributed by atoms with Gasteiger partial charge in [-0.2, -0.15) is 0 Å². The van der Waals surface area contributed by atoms with E-state index in [1.165, 1.54) is 27.1 Å². The molecule has 0 saturated carbocycles. The topological polar surface area (TPSA) is 0 Å². The third-order valence-electron chi connectivity index (χ3n) is 0.571. The van der Waals surface area contributed by atoms with Gasteiger partial charge in [0.1, 0.15) is 0 Å². The Kier molecular flexibility index (Phi) is 6.70. The van der Waals surface area contributed by atoms with Gasteiger partial charge in [0.25, 0.3) is 0 Å². The third-order valence-corrected chi connectivity index (χ3v) is 2.58. The van der Waals surface area contributed by atoms with E-state index in [0.717, 1.165) is 0 Å². The quantitative estimate of drug-likeness (QED) is 0.396. The molecule has 2 heteroatoms. The minimum absolute atomic E-state index is 1.18. The van der Waals surface area contributed by atoms with Gasteiger partial charge in [-0.15, -0.1) is 17.8 Å². The lowest BCUT2D eigenvalue weighted by atomic mass is 10.6. The van der Waals surface area contributed by atoms with Gasteiger partial charge in [0, 0.05) is 0 Å². The molecule has 6 heavy (non-hydrogen) atoms. The zero-order valence-corrected chi connectivity index (χ0v) is 6.35. The van der Waals surface area contributed by atoms with Gasteiger partial charge in [0.05, 0.1) is 0 Å². The van der Waals surface area contributed by atoms with Crippen molar-refractivity contribution < 1.29 is 0 Å². The highest BCUT2D eigenvalue weighted by Crippen LogP contribution is 2.12. The van der Waals surface area contributed by atoms with Crippen LogP contribution in [0.4, 0.5) is 0 Å². The molecule has 0 spiro atoms. The van der Waals surface area contributed by atoms with E-state index in [9.17, 15) is 0 Å². The highest BCUT2D eigenvalue weighted by molar-refractivity contribution is 7.48. The second-order valence-electron chi connectivity index (χ2n) is 1.20. The summed E-state index contributed by atoms with van der Waals surface area (Å²) in [5.74, 6) is 1.30. The Labute approximate surface area is 44.1 Å². The van der Waals surface area contributed by atoms with E-state index in [1.807, 2.05) is 0 Å². The Morgan fingerprint density at radius 1 is 1.67 bits per heavy atom. The summed E-state index contributed by atoms with van der Waals surface area (Å²) < 4.78 is 0. The molecule has 38 valence electrons. The molecule has 0 saturated heterocycles. The first kappa shape index (κ1) is 6.86. The summed E-state index contributed by atoms with van der Waals surface area (Å²) in [6, 6.07) is 0. The molecule has 0 aromatic rings. The molecule has 2 unspecified atom stereocenters. The Bertz CT molecular complexity index is 17.5. The van der Waals surface area contributed by atoms with Crippen molar-refractivity contribution in [2.45, 2.75) is 13.3 Å². The minimum atomic E-state index is 1.18. The van der Waals surface area contributed by atoms with Gasteiger partial charge in [0.15, 0.2) is 0 Å². The monoisotopic (exact) mass is 122 g/mol. The largest absolute Gasteiger partial charge is 0.133 e. The molecule has 0 rings (SSSR count). The molecule has 0 fully saturated rings. The maximum absolute atomic E-state index is 2.74. The molecule has 0 aliphatic heterocycles. The molecular weight excluding hydrogens is 110 g/mol. The van der Waals surface area contributed by atoms with E-state index < -0.39 is 0 Å². The Morgan fingerprint density at radius 3 is 2.50 bits per heavy atom. The Hall–Kier alpha value is 0.860. The SMILES string of the molecule is CCCPCP. The lowest BCUT2D eigenvalue weighted by Gasteiger charge is -1.87. The Morgan fingerprint density at radius 2 is 2.33 bits per heavy atom. The summed E-state index contributed by atoms with van der Waals surface area (Å²) >= 11 is 0. The lowest BCUT2D eigenvalue weighted by Crippen LogP contribution is -1.65. The van der Waals surface area contributed by atoms with Crippen LogP contribution >= 0.6 is 17.8 Å². The molecule has 0 aliphatic rings. The minimum Gasteiger partial charge on any atom is -0.133 e. The van der Waals surface area contributed by atoms with Gasteiger partial charge in [-0.3, -0.25) is 0 Å². The fourth-order valence-corrected chi connectivity index (χ4v) is 1.45. The molecular formula is C4H12P2. The van der Waals surface area contributed by atoms with Crippen LogP contribution in [0.2, 0.25) is 0 Å². The van der Waals surface area contributed by atoms with E-state index in [-0.39, 0.29) is 0 Å². The summed E-state index contributed by atoms with van der Waals surface area (Å²) in [6.07, 6.45) is 2.77. The van der Waals surface area contributed by atoms with Crippen LogP contribution in [-0.4, -0.2) is 12.1 Å². The first-order valence-electron chi connectivity index (χ1n) is 2.32. The van der Waals surface area contributed by atoms with Crippen molar-refractivity contribution in [3.8, 4) is 0 Å². The van der Waals surface area contributed by atoms with Crippen LogP contribution in [-0.2, 0) is 0 Å². The second-order valence-corrected chi connectivity index (χ2v) is 3.84. The van der Waals surface area contributed by atoms with Gasteiger partial charge < -0.3 is 0 Å². The van der Waals surface area contributed by atoms with Gasteiger partial charge in [-0.25, -0.2) is 0 Å². The number of rotatable bonds is 3. The van der Waals surface area contributed by atoms with Crippen LogP contribution in [0, 0.1) is 0 Å². The van der Waals surface area contributed by atoms with E-state index in [0.29, 0.717) is 0 Å². The van der Waals surface area contributed by atoms with E-state index >= 15 is 0 Å². The number of hydrogen-bond acceptors (Lipinski definition) is 0. The van der Waals surface area contributed by atoms with E-state index in [2.05, 4.69) is 16.2 Å². The molecule has 0 N–H and O–H groups in total. The standard InChI is InChI=1S/C4H12P2/c1-2-3-6-4-5/h6H,2-5H2,1H3. The van der Waals surface area contributed by atoms with Gasteiger partial charge in [0.2, 0.25) is 0 Å². The average molecular weight is 122 g/mol. The van der Waals surface area contributed by atoms with Crippen LogP contribution < -0.4 is 0 Å². The van der Waals surface area contributed by atoms with Crippen LogP contribution in [0.3, 0.4) is 0 Å². The van der Waals surface area contributed by atoms with Crippen molar-refractivity contribution in [2.75, 3.05) is 12.1 Å². The first-order valence-corrected chi connectivity index (χ1v) is 4.55. The summed E-state index contributed by atoms with van der Waals surface area (Å²) in [5.41, 5.74) is 0. The normalized spacial score (nSPS) is 11.0. The molecule has 0 radical (unpaired) electrons. The smallest absolute Gasteiger partial charge is 0.0203 e. The Balaban J connectivity index is 2.34. The first-order chi connectivity index (χ1) is 2.91. The highest BCUT2D eigenvalue weighted by Gasteiger charge is 1.74. The predicted octanol–water partition coefficient (Wildman–Crippen LogP) is 1.91.